The lowest BCUT2D eigenvalue weighted by atomic mass is 10.2. The maximum atomic E-state index is 11.2. The minimum atomic E-state index is -1.91. The van der Waals surface area contributed by atoms with Crippen molar-refractivity contribution >= 4 is 14.3 Å². The first kappa shape index (κ1) is 16.6. The largest absolute Gasteiger partial charge is 0.479 e. The number of rotatable bonds is 4. The van der Waals surface area contributed by atoms with Gasteiger partial charge >= 0.3 is 5.97 Å². The second kappa shape index (κ2) is 5.16. The van der Waals surface area contributed by atoms with Gasteiger partial charge in [0.1, 0.15) is 6.10 Å². The Labute approximate surface area is 116 Å². The molecule has 0 amide bonds. The molecular weight excluding hydrogens is 264 g/mol. The molecule has 1 aliphatic heterocycles. The Hall–Kier alpha value is -0.433. The van der Waals surface area contributed by atoms with E-state index in [1.165, 1.54) is 0 Å². The lowest BCUT2D eigenvalue weighted by Crippen LogP contribution is -2.45. The topological polar surface area (TPSA) is 65.0 Å². The van der Waals surface area contributed by atoms with E-state index >= 15 is 0 Å². The van der Waals surface area contributed by atoms with Crippen LogP contribution in [0.1, 0.15) is 34.6 Å². The SMILES string of the molecule is CC1(C)O[C@H](C(=O)O)[C@@H](CO[Si](C)(C)C(C)(C)C)O1. The van der Waals surface area contributed by atoms with E-state index in [1.807, 2.05) is 0 Å². The molecule has 19 heavy (non-hydrogen) atoms. The van der Waals surface area contributed by atoms with E-state index in [9.17, 15) is 4.79 Å². The molecule has 1 aliphatic rings. The zero-order valence-corrected chi connectivity index (χ0v) is 13.9. The zero-order chi connectivity index (χ0) is 15.1. The summed E-state index contributed by atoms with van der Waals surface area (Å²) in [4.78, 5) is 11.2. The normalized spacial score (nSPS) is 27.5. The Morgan fingerprint density at radius 1 is 1.32 bits per heavy atom. The third-order valence-electron chi connectivity index (χ3n) is 3.84. The van der Waals surface area contributed by atoms with Crippen molar-refractivity contribution in [3.05, 3.63) is 0 Å². The van der Waals surface area contributed by atoms with Crippen LogP contribution in [0.4, 0.5) is 0 Å². The third kappa shape index (κ3) is 4.01. The van der Waals surface area contributed by atoms with Gasteiger partial charge < -0.3 is 19.0 Å². The van der Waals surface area contributed by atoms with E-state index in [0.29, 0.717) is 0 Å². The second-order valence-corrected chi connectivity index (χ2v) is 11.8. The summed E-state index contributed by atoms with van der Waals surface area (Å²) in [5, 5.41) is 9.24. The number of ether oxygens (including phenoxy) is 2. The molecule has 1 heterocycles. The lowest BCUT2D eigenvalue weighted by Gasteiger charge is -2.37. The van der Waals surface area contributed by atoms with Gasteiger partial charge in [0.25, 0.3) is 0 Å². The molecule has 1 rings (SSSR count). The van der Waals surface area contributed by atoms with Crippen LogP contribution in [0.3, 0.4) is 0 Å². The monoisotopic (exact) mass is 290 g/mol. The van der Waals surface area contributed by atoms with Crippen molar-refractivity contribution in [1.29, 1.82) is 0 Å². The molecule has 0 spiro atoms. The summed E-state index contributed by atoms with van der Waals surface area (Å²) in [6.07, 6.45) is -1.51. The molecule has 0 saturated carbocycles. The Morgan fingerprint density at radius 3 is 2.26 bits per heavy atom. The smallest absolute Gasteiger partial charge is 0.335 e. The molecule has 6 heteroatoms. The van der Waals surface area contributed by atoms with Crippen molar-refractivity contribution in [2.24, 2.45) is 0 Å². The first-order valence-corrected chi connectivity index (χ1v) is 9.49. The molecule has 1 saturated heterocycles. The molecule has 0 aromatic carbocycles. The maximum absolute atomic E-state index is 11.2. The molecule has 0 radical (unpaired) electrons. The molecule has 0 aliphatic carbocycles. The molecule has 1 fully saturated rings. The zero-order valence-electron chi connectivity index (χ0n) is 12.9. The molecule has 0 unspecified atom stereocenters. The molecule has 5 nitrogen and oxygen atoms in total. The summed E-state index contributed by atoms with van der Waals surface area (Å²) in [6.45, 7) is 14.4. The minimum absolute atomic E-state index is 0.0840. The average molecular weight is 290 g/mol. The molecule has 112 valence electrons. The van der Waals surface area contributed by atoms with Crippen LogP contribution in [-0.2, 0) is 18.7 Å². The van der Waals surface area contributed by atoms with Gasteiger partial charge in [-0.15, -0.1) is 0 Å². The first-order valence-electron chi connectivity index (χ1n) is 6.58. The third-order valence-corrected chi connectivity index (χ3v) is 8.34. The summed E-state index contributed by atoms with van der Waals surface area (Å²) in [6, 6.07) is 0. The number of hydrogen-bond acceptors (Lipinski definition) is 4. The van der Waals surface area contributed by atoms with E-state index in [2.05, 4.69) is 33.9 Å². The van der Waals surface area contributed by atoms with Crippen LogP contribution < -0.4 is 0 Å². The highest BCUT2D eigenvalue weighted by Gasteiger charge is 2.47. The van der Waals surface area contributed by atoms with Gasteiger partial charge in [-0.25, -0.2) is 4.79 Å². The predicted octanol–water partition coefficient (Wildman–Crippen LogP) is 2.61. The van der Waals surface area contributed by atoms with Gasteiger partial charge in [0.15, 0.2) is 20.2 Å². The molecule has 0 aromatic heterocycles. The fraction of sp³-hybridized carbons (Fsp3) is 0.923. The van der Waals surface area contributed by atoms with Gasteiger partial charge in [-0.05, 0) is 32.0 Å². The van der Waals surface area contributed by atoms with Crippen LogP contribution in [0.25, 0.3) is 0 Å². The Morgan fingerprint density at radius 2 is 1.84 bits per heavy atom. The number of carbonyl (C=O) groups is 1. The van der Waals surface area contributed by atoms with E-state index in [1.54, 1.807) is 13.8 Å². The quantitative estimate of drug-likeness (QED) is 0.806. The van der Waals surface area contributed by atoms with Crippen LogP contribution in [0.2, 0.25) is 18.1 Å². The maximum Gasteiger partial charge on any atom is 0.335 e. The summed E-state index contributed by atoms with van der Waals surface area (Å²) in [5.74, 6) is -1.88. The molecule has 0 bridgehead atoms. The van der Waals surface area contributed by atoms with Crippen molar-refractivity contribution in [2.45, 2.75) is 70.7 Å². The van der Waals surface area contributed by atoms with Gasteiger partial charge in [0.05, 0.1) is 6.61 Å². The number of carboxylic acids is 1. The van der Waals surface area contributed by atoms with E-state index in [-0.39, 0.29) is 11.6 Å². The van der Waals surface area contributed by atoms with Gasteiger partial charge in [-0.2, -0.15) is 0 Å². The summed E-state index contributed by atoms with van der Waals surface area (Å²) < 4.78 is 17.0. The van der Waals surface area contributed by atoms with Crippen LogP contribution in [0.15, 0.2) is 0 Å². The Kier molecular flexibility index (Phi) is 4.51. The standard InChI is InChI=1S/C13H26O5Si/c1-12(2,3)19(6,7)16-8-9-10(11(14)15)18-13(4,5)17-9/h9-10H,8H2,1-7H3,(H,14,15)/t9-,10+/m1/s1. The van der Waals surface area contributed by atoms with Gasteiger partial charge in [0, 0.05) is 0 Å². The summed E-state index contributed by atoms with van der Waals surface area (Å²) >= 11 is 0. The van der Waals surface area contributed by atoms with Crippen molar-refractivity contribution in [3.63, 3.8) is 0 Å². The predicted molar refractivity (Wildman–Crippen MR) is 74.6 cm³/mol. The van der Waals surface area contributed by atoms with E-state index < -0.39 is 32.3 Å². The van der Waals surface area contributed by atoms with E-state index in [0.717, 1.165) is 0 Å². The fourth-order valence-corrected chi connectivity index (χ4v) is 2.69. The highest BCUT2D eigenvalue weighted by molar-refractivity contribution is 6.74. The van der Waals surface area contributed by atoms with Crippen LogP contribution in [0.5, 0.6) is 0 Å². The number of aliphatic carboxylic acids is 1. The minimum Gasteiger partial charge on any atom is -0.479 e. The van der Waals surface area contributed by atoms with Crippen LogP contribution >= 0.6 is 0 Å². The summed E-state index contributed by atoms with van der Waals surface area (Å²) in [7, 11) is -1.91. The van der Waals surface area contributed by atoms with Crippen LogP contribution in [-0.4, -0.2) is 44.0 Å². The van der Waals surface area contributed by atoms with Crippen molar-refractivity contribution < 1.29 is 23.8 Å². The average Bonchev–Trinajstić information content (AvgIpc) is 2.49. The first-order chi connectivity index (χ1) is 8.36. The lowest BCUT2D eigenvalue weighted by molar-refractivity contribution is -0.166. The van der Waals surface area contributed by atoms with Gasteiger partial charge in [-0.3, -0.25) is 0 Å². The highest BCUT2D eigenvalue weighted by Crippen LogP contribution is 2.37. The van der Waals surface area contributed by atoms with Crippen molar-refractivity contribution in [3.8, 4) is 0 Å². The number of hydrogen-bond donors (Lipinski definition) is 1. The fourth-order valence-electron chi connectivity index (χ4n) is 1.67. The van der Waals surface area contributed by atoms with Crippen LogP contribution in [0, 0.1) is 0 Å². The van der Waals surface area contributed by atoms with Crippen molar-refractivity contribution in [1.82, 2.24) is 0 Å². The molecule has 2 atom stereocenters. The van der Waals surface area contributed by atoms with Gasteiger partial charge in [0.2, 0.25) is 0 Å². The van der Waals surface area contributed by atoms with E-state index in [4.69, 9.17) is 19.0 Å². The summed E-state index contributed by atoms with van der Waals surface area (Å²) in [5.41, 5.74) is 0. The van der Waals surface area contributed by atoms with Crippen molar-refractivity contribution in [2.75, 3.05) is 6.61 Å². The second-order valence-electron chi connectivity index (χ2n) is 7.00. The van der Waals surface area contributed by atoms with Gasteiger partial charge in [-0.1, -0.05) is 20.8 Å². The Balaban J connectivity index is 2.69. The highest BCUT2D eigenvalue weighted by atomic mass is 28.4. The number of carboxylic acid groups (broad SMARTS) is 1. The Bertz CT molecular complexity index is 345. The molecular formula is C13H26O5Si. The molecule has 0 aromatic rings. The molecule has 1 N–H and O–H groups in total.